The van der Waals surface area contributed by atoms with Gasteiger partial charge in [0.25, 0.3) is 0 Å². The molecule has 0 aliphatic carbocycles. The number of halogens is 1. The van der Waals surface area contributed by atoms with E-state index in [1.807, 2.05) is 13.0 Å². The summed E-state index contributed by atoms with van der Waals surface area (Å²) in [7, 11) is 0. The lowest BCUT2D eigenvalue weighted by atomic mass is 10.2. The predicted octanol–water partition coefficient (Wildman–Crippen LogP) is 2.72. The molecular weight excluding hydrogens is 268 g/mol. The number of aliphatic hydroxyl groups is 1. The molecule has 0 aromatic carbocycles. The van der Waals surface area contributed by atoms with Crippen LogP contribution in [0.2, 0.25) is 0 Å². The normalized spacial score (nSPS) is 12.8. The Balaban J connectivity index is 2.64. The van der Waals surface area contributed by atoms with Crippen molar-refractivity contribution in [1.82, 2.24) is 0 Å². The number of carboxylic acids is 1. The smallest absolute Gasteiger partial charge is 0.303 e. The van der Waals surface area contributed by atoms with Gasteiger partial charge in [0.1, 0.15) is 0 Å². The molecule has 0 spiro atoms. The van der Waals surface area contributed by atoms with Gasteiger partial charge in [-0.05, 0) is 35.3 Å². The van der Waals surface area contributed by atoms with Gasteiger partial charge in [0.05, 0.1) is 6.10 Å². The van der Waals surface area contributed by atoms with Gasteiger partial charge < -0.3 is 10.2 Å². The number of rotatable bonds is 4. The summed E-state index contributed by atoms with van der Waals surface area (Å²) in [5.74, 6) is -0.881. The minimum atomic E-state index is -0.881. The lowest BCUT2D eigenvalue weighted by molar-refractivity contribution is -0.137. The van der Waals surface area contributed by atoms with Gasteiger partial charge >= 0.3 is 5.97 Å². The molecule has 0 amide bonds. The summed E-state index contributed by atoms with van der Waals surface area (Å²) in [5, 5.41) is 18.1. The van der Waals surface area contributed by atoms with Crippen molar-refractivity contribution < 1.29 is 15.0 Å². The van der Waals surface area contributed by atoms with Gasteiger partial charge in [-0.3, -0.25) is 4.79 Å². The summed E-state index contributed by atoms with van der Waals surface area (Å²) >= 11 is 4.81. The van der Waals surface area contributed by atoms with Crippen molar-refractivity contribution in [3.63, 3.8) is 0 Å². The van der Waals surface area contributed by atoms with Crippen LogP contribution in [0.15, 0.2) is 10.5 Å². The molecule has 0 aliphatic rings. The standard InChI is InChI=1S/C9H11BrO3S/c1-5-4-6(10)9(14-5)7(11)2-3-8(12)13/h4,7,11H,2-3H2,1H3,(H,12,13). The van der Waals surface area contributed by atoms with E-state index in [2.05, 4.69) is 15.9 Å². The van der Waals surface area contributed by atoms with Gasteiger partial charge in [-0.25, -0.2) is 0 Å². The summed E-state index contributed by atoms with van der Waals surface area (Å²) in [6, 6.07) is 1.92. The van der Waals surface area contributed by atoms with Gasteiger partial charge in [-0.15, -0.1) is 11.3 Å². The number of aliphatic carboxylic acids is 1. The highest BCUT2D eigenvalue weighted by Crippen LogP contribution is 2.33. The van der Waals surface area contributed by atoms with Gasteiger partial charge in [-0.2, -0.15) is 0 Å². The molecule has 0 saturated heterocycles. The number of carbonyl (C=O) groups is 1. The fraction of sp³-hybridized carbons (Fsp3) is 0.444. The molecule has 1 aromatic rings. The van der Waals surface area contributed by atoms with Crippen LogP contribution in [0.3, 0.4) is 0 Å². The Labute approximate surface area is 94.5 Å². The highest BCUT2D eigenvalue weighted by atomic mass is 79.9. The first kappa shape index (κ1) is 11.7. The monoisotopic (exact) mass is 278 g/mol. The first-order valence-corrected chi connectivity index (χ1v) is 5.77. The van der Waals surface area contributed by atoms with Crippen molar-refractivity contribution in [1.29, 1.82) is 0 Å². The van der Waals surface area contributed by atoms with Crippen LogP contribution in [0.1, 0.15) is 28.7 Å². The molecule has 3 nitrogen and oxygen atoms in total. The van der Waals surface area contributed by atoms with Gasteiger partial charge in [0.15, 0.2) is 0 Å². The van der Waals surface area contributed by atoms with Crippen LogP contribution in [-0.2, 0) is 4.79 Å². The maximum absolute atomic E-state index is 10.3. The van der Waals surface area contributed by atoms with Gasteiger partial charge in [-0.1, -0.05) is 0 Å². The van der Waals surface area contributed by atoms with E-state index >= 15 is 0 Å². The third-order valence-corrected chi connectivity index (χ3v) is 3.84. The second-order valence-corrected chi connectivity index (χ2v) is 5.16. The minimum Gasteiger partial charge on any atom is -0.481 e. The lowest BCUT2D eigenvalue weighted by Gasteiger charge is -2.06. The molecule has 14 heavy (non-hydrogen) atoms. The number of thiophene rings is 1. The summed E-state index contributed by atoms with van der Waals surface area (Å²) in [6.45, 7) is 1.95. The first-order chi connectivity index (χ1) is 6.50. The third-order valence-electron chi connectivity index (χ3n) is 1.77. The molecule has 0 radical (unpaired) electrons. The van der Waals surface area contributed by atoms with E-state index in [-0.39, 0.29) is 12.8 Å². The molecule has 78 valence electrons. The molecule has 0 fully saturated rings. The Bertz CT molecular complexity index is 335. The Hall–Kier alpha value is -0.390. The quantitative estimate of drug-likeness (QED) is 0.891. The van der Waals surface area contributed by atoms with Crippen LogP contribution in [0.5, 0.6) is 0 Å². The van der Waals surface area contributed by atoms with E-state index in [1.165, 1.54) is 11.3 Å². The summed E-state index contributed by atoms with van der Waals surface area (Å²) < 4.78 is 0.859. The predicted molar refractivity (Wildman–Crippen MR) is 58.6 cm³/mol. The average Bonchev–Trinajstić information content (AvgIpc) is 2.41. The van der Waals surface area contributed by atoms with E-state index in [0.717, 1.165) is 14.2 Å². The van der Waals surface area contributed by atoms with E-state index in [0.29, 0.717) is 0 Å². The van der Waals surface area contributed by atoms with Crippen molar-refractivity contribution in [3.8, 4) is 0 Å². The van der Waals surface area contributed by atoms with Crippen molar-refractivity contribution in [2.24, 2.45) is 0 Å². The van der Waals surface area contributed by atoms with Crippen LogP contribution in [0.4, 0.5) is 0 Å². The first-order valence-electron chi connectivity index (χ1n) is 4.16. The largest absolute Gasteiger partial charge is 0.481 e. The highest BCUT2D eigenvalue weighted by molar-refractivity contribution is 9.10. The number of hydrogen-bond donors (Lipinski definition) is 2. The van der Waals surface area contributed by atoms with Crippen LogP contribution in [-0.4, -0.2) is 16.2 Å². The Kier molecular flexibility index (Phi) is 4.10. The van der Waals surface area contributed by atoms with E-state index in [4.69, 9.17) is 5.11 Å². The van der Waals surface area contributed by atoms with Gasteiger partial charge in [0.2, 0.25) is 0 Å². The number of aliphatic hydroxyl groups excluding tert-OH is 1. The zero-order chi connectivity index (χ0) is 10.7. The maximum atomic E-state index is 10.3. The topological polar surface area (TPSA) is 57.5 Å². The summed E-state index contributed by atoms with van der Waals surface area (Å²) in [4.78, 5) is 12.2. The molecule has 1 heterocycles. The molecule has 0 saturated carbocycles. The van der Waals surface area contributed by atoms with E-state index in [1.54, 1.807) is 0 Å². The van der Waals surface area contributed by atoms with E-state index < -0.39 is 12.1 Å². The number of aryl methyl sites for hydroxylation is 1. The Morgan fingerprint density at radius 3 is 2.79 bits per heavy atom. The molecule has 1 rings (SSSR count). The second-order valence-electron chi connectivity index (χ2n) is 3.02. The highest BCUT2D eigenvalue weighted by Gasteiger charge is 2.15. The van der Waals surface area contributed by atoms with Crippen LogP contribution >= 0.6 is 27.3 Å². The van der Waals surface area contributed by atoms with Crippen molar-refractivity contribution in [2.45, 2.75) is 25.9 Å². The number of hydrogen-bond acceptors (Lipinski definition) is 3. The third kappa shape index (κ3) is 3.08. The Morgan fingerprint density at radius 1 is 1.71 bits per heavy atom. The molecule has 5 heteroatoms. The van der Waals surface area contributed by atoms with Gasteiger partial charge in [0, 0.05) is 20.6 Å². The SMILES string of the molecule is Cc1cc(Br)c(C(O)CCC(=O)O)s1. The molecule has 1 unspecified atom stereocenters. The summed E-state index contributed by atoms with van der Waals surface area (Å²) in [6.07, 6.45) is -0.433. The van der Waals surface area contributed by atoms with Crippen molar-refractivity contribution in [2.75, 3.05) is 0 Å². The lowest BCUT2D eigenvalue weighted by Crippen LogP contribution is -2.01. The molecule has 0 aliphatic heterocycles. The minimum absolute atomic E-state index is 0.00937. The van der Waals surface area contributed by atoms with Crippen LogP contribution < -0.4 is 0 Å². The molecule has 1 aromatic heterocycles. The Morgan fingerprint density at radius 2 is 2.36 bits per heavy atom. The molecule has 2 N–H and O–H groups in total. The van der Waals surface area contributed by atoms with E-state index in [9.17, 15) is 9.90 Å². The van der Waals surface area contributed by atoms with Crippen molar-refractivity contribution >= 4 is 33.2 Å². The molecule has 0 bridgehead atoms. The van der Waals surface area contributed by atoms with Crippen LogP contribution in [0, 0.1) is 6.92 Å². The summed E-state index contributed by atoms with van der Waals surface area (Å²) in [5.41, 5.74) is 0. The zero-order valence-corrected chi connectivity index (χ0v) is 10.1. The fourth-order valence-corrected chi connectivity index (χ4v) is 3.06. The average molecular weight is 279 g/mol. The van der Waals surface area contributed by atoms with Crippen LogP contribution in [0.25, 0.3) is 0 Å². The zero-order valence-electron chi connectivity index (χ0n) is 7.66. The number of carboxylic acid groups (broad SMARTS) is 1. The molecule has 1 atom stereocenters. The maximum Gasteiger partial charge on any atom is 0.303 e. The molecular formula is C9H11BrO3S. The fourth-order valence-electron chi connectivity index (χ4n) is 1.12. The van der Waals surface area contributed by atoms with Crippen molar-refractivity contribution in [3.05, 3.63) is 20.3 Å². The second kappa shape index (κ2) is 4.91.